The topological polar surface area (TPSA) is 71.0 Å². The number of anilines is 2. The minimum Gasteiger partial charge on any atom is -0.497 e. The molecule has 1 aliphatic rings. The molecule has 196 valence electrons. The molecular formula is C31H33N3O3S. The summed E-state index contributed by atoms with van der Waals surface area (Å²) < 4.78 is 5.23. The lowest BCUT2D eigenvalue weighted by atomic mass is 9.99. The highest BCUT2D eigenvalue weighted by Gasteiger charge is 2.32. The second-order valence-corrected chi connectivity index (χ2v) is 10.4. The van der Waals surface area contributed by atoms with Crippen molar-refractivity contribution in [1.82, 2.24) is 0 Å². The Morgan fingerprint density at radius 3 is 2.32 bits per heavy atom. The minimum atomic E-state index is -0.227. The van der Waals surface area contributed by atoms with E-state index in [1.165, 1.54) is 17.3 Å². The Hall–Kier alpha value is -3.84. The fourth-order valence-corrected chi connectivity index (χ4v) is 5.03. The van der Waals surface area contributed by atoms with Gasteiger partial charge in [-0.25, -0.2) is 4.99 Å². The summed E-state index contributed by atoms with van der Waals surface area (Å²) in [4.78, 5) is 32.6. The average molecular weight is 528 g/mol. The molecule has 1 heterocycles. The first-order chi connectivity index (χ1) is 18.3. The van der Waals surface area contributed by atoms with Gasteiger partial charge in [0.15, 0.2) is 5.17 Å². The van der Waals surface area contributed by atoms with Gasteiger partial charge >= 0.3 is 0 Å². The van der Waals surface area contributed by atoms with Gasteiger partial charge in [-0.1, -0.05) is 55.9 Å². The number of amidine groups is 1. The number of ether oxygens (including phenoxy) is 1. The Morgan fingerprint density at radius 2 is 1.71 bits per heavy atom. The third-order valence-electron chi connectivity index (χ3n) is 6.42. The number of amides is 2. The molecule has 6 nitrogen and oxygen atoms in total. The SMILES string of the molecule is CC[C@@H](C)c1ccc(NC(=O)CSC2=N/C(=C\c3ccc(OC)cc3)C(=O)N2c2cc(C)cc(C)c2)cc1. The van der Waals surface area contributed by atoms with Crippen molar-refractivity contribution in [1.29, 1.82) is 0 Å². The van der Waals surface area contributed by atoms with E-state index in [0.29, 0.717) is 16.8 Å². The van der Waals surface area contributed by atoms with Gasteiger partial charge in [0.25, 0.3) is 5.91 Å². The molecule has 7 heteroatoms. The van der Waals surface area contributed by atoms with E-state index in [9.17, 15) is 9.59 Å². The number of nitrogens with zero attached hydrogens (tertiary/aromatic N) is 2. The highest BCUT2D eigenvalue weighted by Crippen LogP contribution is 2.31. The Morgan fingerprint density at radius 1 is 1.05 bits per heavy atom. The van der Waals surface area contributed by atoms with Gasteiger partial charge in [0.1, 0.15) is 11.4 Å². The number of nitrogens with one attached hydrogen (secondary N) is 1. The molecule has 0 saturated carbocycles. The number of hydrogen-bond donors (Lipinski definition) is 1. The zero-order valence-corrected chi connectivity index (χ0v) is 23.3. The van der Waals surface area contributed by atoms with Crippen molar-refractivity contribution >= 4 is 46.2 Å². The van der Waals surface area contributed by atoms with Crippen LogP contribution >= 0.6 is 11.8 Å². The highest BCUT2D eigenvalue weighted by atomic mass is 32.2. The van der Waals surface area contributed by atoms with Gasteiger partial charge in [0, 0.05) is 5.69 Å². The Balaban J connectivity index is 1.54. The maximum absolute atomic E-state index is 13.5. The zero-order chi connectivity index (χ0) is 27.2. The van der Waals surface area contributed by atoms with Crippen LogP contribution in [0.15, 0.2) is 77.4 Å². The second kappa shape index (κ2) is 12.1. The summed E-state index contributed by atoms with van der Waals surface area (Å²) >= 11 is 1.24. The molecule has 0 fully saturated rings. The first kappa shape index (κ1) is 27.2. The van der Waals surface area contributed by atoms with Crippen LogP contribution in [0.2, 0.25) is 0 Å². The first-order valence-corrected chi connectivity index (χ1v) is 13.7. The Labute approximate surface area is 228 Å². The molecule has 0 aromatic heterocycles. The zero-order valence-electron chi connectivity index (χ0n) is 22.4. The monoisotopic (exact) mass is 527 g/mol. The lowest BCUT2D eigenvalue weighted by Gasteiger charge is -2.19. The minimum absolute atomic E-state index is 0.121. The molecule has 4 rings (SSSR count). The van der Waals surface area contributed by atoms with Crippen LogP contribution < -0.4 is 15.0 Å². The number of methoxy groups -OCH3 is 1. The molecule has 0 bridgehead atoms. The van der Waals surface area contributed by atoms with Crippen LogP contribution in [-0.4, -0.2) is 29.8 Å². The molecule has 3 aromatic rings. The molecule has 2 amide bonds. The average Bonchev–Trinajstić information content (AvgIpc) is 3.22. The maximum atomic E-state index is 13.5. The van der Waals surface area contributed by atoms with E-state index in [1.54, 1.807) is 18.1 Å². The Kier molecular flexibility index (Phi) is 8.69. The maximum Gasteiger partial charge on any atom is 0.283 e. The van der Waals surface area contributed by atoms with Gasteiger partial charge < -0.3 is 10.1 Å². The molecule has 1 N–H and O–H groups in total. The summed E-state index contributed by atoms with van der Waals surface area (Å²) in [6.45, 7) is 8.34. The first-order valence-electron chi connectivity index (χ1n) is 12.7. The highest BCUT2D eigenvalue weighted by molar-refractivity contribution is 8.14. The van der Waals surface area contributed by atoms with Crippen molar-refractivity contribution in [2.75, 3.05) is 23.1 Å². The quantitative estimate of drug-likeness (QED) is 0.322. The lowest BCUT2D eigenvalue weighted by molar-refractivity contribution is -0.114. The van der Waals surface area contributed by atoms with Crippen LogP contribution in [0.5, 0.6) is 5.75 Å². The third kappa shape index (κ3) is 6.53. The number of benzene rings is 3. The van der Waals surface area contributed by atoms with Gasteiger partial charge in [-0.15, -0.1) is 0 Å². The Bertz CT molecular complexity index is 1360. The van der Waals surface area contributed by atoms with Crippen LogP contribution in [0.25, 0.3) is 6.08 Å². The van der Waals surface area contributed by atoms with Crippen molar-refractivity contribution in [3.05, 3.63) is 94.7 Å². The van der Waals surface area contributed by atoms with E-state index in [2.05, 4.69) is 42.4 Å². The summed E-state index contributed by atoms with van der Waals surface area (Å²) in [5.74, 6) is 0.950. The van der Waals surface area contributed by atoms with Gasteiger partial charge in [-0.05, 0) is 90.9 Å². The van der Waals surface area contributed by atoms with Crippen LogP contribution in [0.3, 0.4) is 0 Å². The molecule has 38 heavy (non-hydrogen) atoms. The predicted molar refractivity (Wildman–Crippen MR) is 158 cm³/mol. The van der Waals surface area contributed by atoms with E-state index in [0.717, 1.165) is 40.2 Å². The number of thioether (sulfide) groups is 1. The molecule has 0 saturated heterocycles. The summed E-state index contributed by atoms with van der Waals surface area (Å²) in [7, 11) is 1.61. The molecule has 0 spiro atoms. The van der Waals surface area contributed by atoms with E-state index in [4.69, 9.17) is 4.74 Å². The normalized spacial score (nSPS) is 15.0. The molecule has 3 aromatic carbocycles. The van der Waals surface area contributed by atoms with Crippen molar-refractivity contribution in [3.8, 4) is 5.75 Å². The molecule has 0 unspecified atom stereocenters. The van der Waals surface area contributed by atoms with Crippen molar-refractivity contribution in [2.45, 2.75) is 40.0 Å². The molecule has 0 aliphatic carbocycles. The second-order valence-electron chi connectivity index (χ2n) is 9.45. The largest absolute Gasteiger partial charge is 0.497 e. The summed E-state index contributed by atoms with van der Waals surface area (Å²) in [6.07, 6.45) is 2.82. The van der Waals surface area contributed by atoms with Gasteiger partial charge in [0.05, 0.1) is 18.6 Å². The summed E-state index contributed by atoms with van der Waals surface area (Å²) in [6, 6.07) is 21.4. The molecule has 1 atom stereocenters. The smallest absolute Gasteiger partial charge is 0.283 e. The number of aryl methyl sites for hydroxylation is 2. The number of hydrogen-bond acceptors (Lipinski definition) is 5. The van der Waals surface area contributed by atoms with E-state index >= 15 is 0 Å². The molecule has 1 aliphatic heterocycles. The summed E-state index contributed by atoms with van der Waals surface area (Å²) in [5, 5.41) is 3.43. The fourth-order valence-electron chi connectivity index (χ4n) is 4.22. The van der Waals surface area contributed by atoms with Crippen LogP contribution in [0.4, 0.5) is 11.4 Å². The molecule has 0 radical (unpaired) electrons. The van der Waals surface area contributed by atoms with E-state index in [-0.39, 0.29) is 17.6 Å². The van der Waals surface area contributed by atoms with Crippen LogP contribution in [0.1, 0.15) is 48.4 Å². The number of carbonyl (C=O) groups is 2. The molecular weight excluding hydrogens is 494 g/mol. The van der Waals surface area contributed by atoms with Crippen molar-refractivity contribution < 1.29 is 14.3 Å². The van der Waals surface area contributed by atoms with Gasteiger partial charge in [-0.2, -0.15) is 0 Å². The van der Waals surface area contributed by atoms with Gasteiger partial charge in [-0.3, -0.25) is 14.5 Å². The van der Waals surface area contributed by atoms with Crippen molar-refractivity contribution in [3.63, 3.8) is 0 Å². The van der Waals surface area contributed by atoms with Crippen molar-refractivity contribution in [2.24, 2.45) is 4.99 Å². The predicted octanol–water partition coefficient (Wildman–Crippen LogP) is 6.94. The fraction of sp³-hybridized carbons (Fsp3) is 0.258. The van der Waals surface area contributed by atoms with Crippen LogP contribution in [0, 0.1) is 13.8 Å². The number of rotatable bonds is 8. The third-order valence-corrected chi connectivity index (χ3v) is 7.36. The van der Waals surface area contributed by atoms with Gasteiger partial charge in [0.2, 0.25) is 5.91 Å². The lowest BCUT2D eigenvalue weighted by Crippen LogP contribution is -2.31. The van der Waals surface area contributed by atoms with Crippen LogP contribution in [-0.2, 0) is 9.59 Å². The number of aliphatic imine (C=N–C) groups is 1. The summed E-state index contributed by atoms with van der Waals surface area (Å²) in [5.41, 5.74) is 5.97. The number of carbonyl (C=O) groups excluding carboxylic acids is 2. The standard InChI is InChI=1S/C31H33N3O3S/c1-6-22(4)24-9-11-25(12-10-24)32-29(35)19-38-31-33-28(18-23-7-13-27(37-5)14-8-23)30(36)34(31)26-16-20(2)15-21(3)17-26/h7-18,22H,6,19H2,1-5H3,(H,32,35)/b28-18-/t22-/m1/s1. The van der Waals surface area contributed by atoms with E-state index in [1.807, 2.05) is 62.4 Å². The van der Waals surface area contributed by atoms with E-state index < -0.39 is 0 Å².